The molecule has 1 fully saturated rings. The van der Waals surface area contributed by atoms with Crippen LogP contribution in [0.15, 0.2) is 18.2 Å². The lowest BCUT2D eigenvalue weighted by atomic mass is 9.94. The Bertz CT molecular complexity index is 459. The summed E-state index contributed by atoms with van der Waals surface area (Å²) < 4.78 is 0. The van der Waals surface area contributed by atoms with E-state index >= 15 is 0 Å². The molecule has 1 saturated carbocycles. The molecular weight excluding hydrogens is 283 g/mol. The fourth-order valence-electron chi connectivity index (χ4n) is 2.57. The Morgan fingerprint density at radius 1 is 1.26 bits per heavy atom. The molecule has 0 aliphatic heterocycles. The molecule has 19 heavy (non-hydrogen) atoms. The summed E-state index contributed by atoms with van der Waals surface area (Å²) in [5, 5.41) is 4.38. The predicted octanol–water partition coefficient (Wildman–Crippen LogP) is 3.44. The fraction of sp³-hybridized carbons (Fsp3) is 0.500. The van der Waals surface area contributed by atoms with Gasteiger partial charge in [-0.25, -0.2) is 0 Å². The molecule has 0 saturated heterocycles. The minimum absolute atomic E-state index is 0.321. The fourth-order valence-corrected chi connectivity index (χ4v) is 2.97. The lowest BCUT2D eigenvalue weighted by molar-refractivity contribution is -0.120. The summed E-state index contributed by atoms with van der Waals surface area (Å²) >= 11 is 12.1. The summed E-state index contributed by atoms with van der Waals surface area (Å²) in [6.07, 6.45) is 5.78. The Balaban J connectivity index is 2.19. The number of hydrogen-bond donors (Lipinski definition) is 2. The SMILES string of the molecule is NC(=O)C(NC1CCCCC1)c1cc(Cl)ccc1Cl. The van der Waals surface area contributed by atoms with E-state index in [2.05, 4.69) is 5.32 Å². The van der Waals surface area contributed by atoms with E-state index in [-0.39, 0.29) is 0 Å². The molecule has 0 radical (unpaired) electrons. The first kappa shape index (κ1) is 14.6. The molecule has 1 aliphatic rings. The second-order valence-corrected chi connectivity index (χ2v) is 5.85. The molecule has 0 bridgehead atoms. The van der Waals surface area contributed by atoms with Gasteiger partial charge in [-0.1, -0.05) is 42.5 Å². The normalized spacial score (nSPS) is 18.2. The van der Waals surface area contributed by atoms with E-state index in [1.54, 1.807) is 18.2 Å². The molecule has 1 aromatic carbocycles. The third-order valence-corrected chi connectivity index (χ3v) is 4.14. The number of benzene rings is 1. The maximum atomic E-state index is 11.7. The molecule has 104 valence electrons. The zero-order valence-corrected chi connectivity index (χ0v) is 12.2. The highest BCUT2D eigenvalue weighted by molar-refractivity contribution is 6.33. The van der Waals surface area contributed by atoms with Crippen LogP contribution in [-0.4, -0.2) is 11.9 Å². The van der Waals surface area contributed by atoms with E-state index in [0.717, 1.165) is 12.8 Å². The van der Waals surface area contributed by atoms with Crippen LogP contribution >= 0.6 is 23.2 Å². The van der Waals surface area contributed by atoms with Crippen molar-refractivity contribution in [1.29, 1.82) is 0 Å². The van der Waals surface area contributed by atoms with Crippen molar-refractivity contribution in [2.24, 2.45) is 5.73 Å². The molecule has 1 aliphatic carbocycles. The first-order chi connectivity index (χ1) is 9.08. The predicted molar refractivity (Wildman–Crippen MR) is 78.4 cm³/mol. The summed E-state index contributed by atoms with van der Waals surface area (Å²) in [7, 11) is 0. The molecule has 0 heterocycles. The van der Waals surface area contributed by atoms with Crippen LogP contribution in [0, 0.1) is 0 Å². The summed E-state index contributed by atoms with van der Waals surface area (Å²) in [6.45, 7) is 0. The Labute approximate surface area is 123 Å². The second kappa shape index (κ2) is 6.60. The number of hydrogen-bond acceptors (Lipinski definition) is 2. The van der Waals surface area contributed by atoms with Gasteiger partial charge in [0.25, 0.3) is 0 Å². The van der Waals surface area contributed by atoms with E-state index in [0.29, 0.717) is 21.7 Å². The molecule has 0 spiro atoms. The Morgan fingerprint density at radius 3 is 2.58 bits per heavy atom. The van der Waals surface area contributed by atoms with Gasteiger partial charge in [-0.3, -0.25) is 10.1 Å². The summed E-state index contributed by atoms with van der Waals surface area (Å²) in [5.74, 6) is -0.422. The van der Waals surface area contributed by atoms with Crippen LogP contribution in [-0.2, 0) is 4.79 Å². The van der Waals surface area contributed by atoms with Crippen molar-refractivity contribution in [3.63, 3.8) is 0 Å². The highest BCUT2D eigenvalue weighted by atomic mass is 35.5. The van der Waals surface area contributed by atoms with Crippen molar-refractivity contribution in [2.75, 3.05) is 0 Å². The van der Waals surface area contributed by atoms with Crippen molar-refractivity contribution < 1.29 is 4.79 Å². The van der Waals surface area contributed by atoms with Crippen LogP contribution in [0.1, 0.15) is 43.7 Å². The van der Waals surface area contributed by atoms with Crippen molar-refractivity contribution >= 4 is 29.1 Å². The molecule has 3 N–H and O–H groups in total. The monoisotopic (exact) mass is 300 g/mol. The Hall–Kier alpha value is -0.770. The van der Waals surface area contributed by atoms with Crippen LogP contribution in [0.2, 0.25) is 10.0 Å². The minimum atomic E-state index is -0.575. The largest absolute Gasteiger partial charge is 0.368 e. The molecule has 2 rings (SSSR count). The number of rotatable bonds is 4. The van der Waals surface area contributed by atoms with E-state index in [9.17, 15) is 4.79 Å². The van der Waals surface area contributed by atoms with Gasteiger partial charge >= 0.3 is 0 Å². The van der Waals surface area contributed by atoms with E-state index < -0.39 is 11.9 Å². The maximum absolute atomic E-state index is 11.7. The van der Waals surface area contributed by atoms with Crippen molar-refractivity contribution in [2.45, 2.75) is 44.2 Å². The highest BCUT2D eigenvalue weighted by Gasteiger charge is 2.25. The Morgan fingerprint density at radius 2 is 1.95 bits per heavy atom. The van der Waals surface area contributed by atoms with Crippen LogP contribution < -0.4 is 11.1 Å². The summed E-state index contributed by atoms with van der Waals surface area (Å²) in [6, 6.07) is 4.84. The van der Waals surface area contributed by atoms with E-state index in [1.165, 1.54) is 19.3 Å². The molecule has 3 nitrogen and oxygen atoms in total. The van der Waals surface area contributed by atoms with Crippen LogP contribution in [0.5, 0.6) is 0 Å². The van der Waals surface area contributed by atoms with Gasteiger partial charge < -0.3 is 5.73 Å². The molecule has 5 heteroatoms. The van der Waals surface area contributed by atoms with Gasteiger partial charge in [0.15, 0.2) is 0 Å². The van der Waals surface area contributed by atoms with Crippen LogP contribution in [0.4, 0.5) is 0 Å². The zero-order valence-electron chi connectivity index (χ0n) is 10.7. The van der Waals surface area contributed by atoms with Crippen molar-refractivity contribution in [1.82, 2.24) is 5.32 Å². The number of primary amides is 1. The first-order valence-electron chi connectivity index (χ1n) is 6.58. The zero-order chi connectivity index (χ0) is 13.8. The van der Waals surface area contributed by atoms with Crippen molar-refractivity contribution in [3.8, 4) is 0 Å². The van der Waals surface area contributed by atoms with Gasteiger partial charge in [0, 0.05) is 16.1 Å². The lowest BCUT2D eigenvalue weighted by Gasteiger charge is -2.27. The molecule has 0 aromatic heterocycles. The number of amides is 1. The summed E-state index contributed by atoms with van der Waals surface area (Å²) in [5.41, 5.74) is 6.16. The number of carbonyl (C=O) groups is 1. The van der Waals surface area contributed by atoms with Crippen LogP contribution in [0.25, 0.3) is 0 Å². The summed E-state index contributed by atoms with van der Waals surface area (Å²) in [4.78, 5) is 11.7. The molecule has 1 amide bonds. The smallest absolute Gasteiger partial charge is 0.239 e. The lowest BCUT2D eigenvalue weighted by Crippen LogP contribution is -2.41. The third kappa shape index (κ3) is 3.85. The van der Waals surface area contributed by atoms with Gasteiger partial charge in [-0.2, -0.15) is 0 Å². The minimum Gasteiger partial charge on any atom is -0.368 e. The van der Waals surface area contributed by atoms with Gasteiger partial charge in [-0.15, -0.1) is 0 Å². The standard InChI is InChI=1S/C14H18Cl2N2O/c15-9-6-7-12(16)11(8-9)13(14(17)19)18-10-4-2-1-3-5-10/h6-8,10,13,18H,1-5H2,(H2,17,19). The highest BCUT2D eigenvalue weighted by Crippen LogP contribution is 2.28. The molecule has 1 unspecified atom stereocenters. The molecular formula is C14H18Cl2N2O. The maximum Gasteiger partial charge on any atom is 0.239 e. The average molecular weight is 301 g/mol. The molecule has 1 aromatic rings. The number of carbonyl (C=O) groups excluding carboxylic acids is 1. The first-order valence-corrected chi connectivity index (χ1v) is 7.34. The number of nitrogens with two attached hydrogens (primary N) is 1. The number of halogens is 2. The quantitative estimate of drug-likeness (QED) is 0.895. The van der Waals surface area contributed by atoms with Crippen molar-refractivity contribution in [3.05, 3.63) is 33.8 Å². The van der Waals surface area contributed by atoms with E-state index in [1.807, 2.05) is 0 Å². The average Bonchev–Trinajstić information content (AvgIpc) is 2.40. The van der Waals surface area contributed by atoms with Gasteiger partial charge in [0.05, 0.1) is 0 Å². The molecule has 1 atom stereocenters. The second-order valence-electron chi connectivity index (χ2n) is 5.00. The van der Waals surface area contributed by atoms with Gasteiger partial charge in [-0.05, 0) is 36.6 Å². The van der Waals surface area contributed by atoms with Crippen LogP contribution in [0.3, 0.4) is 0 Å². The topological polar surface area (TPSA) is 55.1 Å². The Kier molecular flexibility index (Phi) is 5.08. The third-order valence-electron chi connectivity index (χ3n) is 3.56. The number of nitrogens with one attached hydrogen (secondary N) is 1. The van der Waals surface area contributed by atoms with Gasteiger partial charge in [0.1, 0.15) is 6.04 Å². The van der Waals surface area contributed by atoms with E-state index in [4.69, 9.17) is 28.9 Å². The van der Waals surface area contributed by atoms with Gasteiger partial charge in [0.2, 0.25) is 5.91 Å².